The molecule has 3 rings (SSSR count). The smallest absolute Gasteiger partial charge is 0.234 e. The minimum Gasteiger partial charge on any atom is -0.497 e. The summed E-state index contributed by atoms with van der Waals surface area (Å²) in [6.07, 6.45) is -0.377. The number of amides is 1. The molecule has 0 saturated heterocycles. The van der Waals surface area contributed by atoms with Gasteiger partial charge in [0.1, 0.15) is 17.3 Å². The van der Waals surface area contributed by atoms with E-state index in [0.717, 1.165) is 6.07 Å². The van der Waals surface area contributed by atoms with Crippen LogP contribution >= 0.6 is 23.4 Å². The Morgan fingerprint density at radius 1 is 1.19 bits per heavy atom. The van der Waals surface area contributed by atoms with Gasteiger partial charge in [-0.3, -0.25) is 4.79 Å². The lowest BCUT2D eigenvalue weighted by molar-refractivity contribution is -0.113. The number of methoxy groups -OCH3 is 1. The Morgan fingerprint density at radius 3 is 2.62 bits per heavy atom. The van der Waals surface area contributed by atoms with Gasteiger partial charge in [-0.2, -0.15) is 0 Å². The molecule has 0 saturated carbocycles. The number of aromatic nitrogens is 3. The van der Waals surface area contributed by atoms with Crippen molar-refractivity contribution in [1.82, 2.24) is 14.8 Å². The lowest BCUT2D eigenvalue weighted by Gasteiger charge is -2.19. The maximum atomic E-state index is 13.2. The molecule has 0 spiro atoms. The highest BCUT2D eigenvalue weighted by atomic mass is 35.5. The average molecular weight is 479 g/mol. The molecule has 32 heavy (non-hydrogen) atoms. The first kappa shape index (κ1) is 23.9. The molecular weight excluding hydrogens is 455 g/mol. The number of carbonyl (C=O) groups excluding carboxylic acids is 1. The first-order valence-corrected chi connectivity index (χ1v) is 11.3. The largest absolute Gasteiger partial charge is 0.497 e. The fourth-order valence-electron chi connectivity index (χ4n) is 2.99. The molecule has 1 N–H and O–H groups in total. The van der Waals surface area contributed by atoms with Crippen LogP contribution in [0.15, 0.2) is 47.6 Å². The zero-order valence-corrected chi connectivity index (χ0v) is 19.7. The van der Waals surface area contributed by atoms with Crippen LogP contribution in [-0.2, 0) is 4.79 Å². The van der Waals surface area contributed by atoms with E-state index >= 15 is 0 Å². The van der Waals surface area contributed by atoms with Gasteiger partial charge in [-0.1, -0.05) is 29.4 Å². The van der Waals surface area contributed by atoms with Crippen LogP contribution < -0.4 is 14.8 Å². The Balaban J connectivity index is 1.69. The summed E-state index contributed by atoms with van der Waals surface area (Å²) in [5.41, 5.74) is 0.352. The van der Waals surface area contributed by atoms with Gasteiger partial charge in [0, 0.05) is 12.1 Å². The van der Waals surface area contributed by atoms with E-state index in [2.05, 4.69) is 15.5 Å². The number of anilines is 1. The van der Waals surface area contributed by atoms with Crippen LogP contribution in [0.5, 0.6) is 11.5 Å². The number of nitrogens with zero attached hydrogens (tertiary/aromatic N) is 3. The molecule has 0 aliphatic carbocycles. The van der Waals surface area contributed by atoms with Gasteiger partial charge in [-0.25, -0.2) is 4.39 Å². The molecule has 1 heterocycles. The van der Waals surface area contributed by atoms with Crippen LogP contribution in [0.2, 0.25) is 5.02 Å². The molecule has 1 amide bonds. The standard InChI is InChI=1S/C22H24ClFN4O3S/c1-13(2)28-21(14(3)31-17-7-5-6-16(11-17)30-4)26-27-22(28)32-12-20(29)25-19-9-8-15(24)10-18(19)23/h5-11,13-14H,12H2,1-4H3,(H,25,29). The molecule has 170 valence electrons. The number of carbonyl (C=O) groups is 1. The normalized spacial score (nSPS) is 12.0. The Hall–Kier alpha value is -2.78. The van der Waals surface area contributed by atoms with E-state index in [0.29, 0.717) is 28.2 Å². The molecule has 0 aliphatic heterocycles. The van der Waals surface area contributed by atoms with Crippen molar-refractivity contribution in [3.05, 3.63) is 59.1 Å². The van der Waals surface area contributed by atoms with Crippen molar-refractivity contribution in [2.75, 3.05) is 18.2 Å². The van der Waals surface area contributed by atoms with Crippen LogP contribution in [0.3, 0.4) is 0 Å². The molecule has 10 heteroatoms. The zero-order valence-electron chi connectivity index (χ0n) is 18.1. The third kappa shape index (κ3) is 5.92. The number of hydrogen-bond acceptors (Lipinski definition) is 6. The van der Waals surface area contributed by atoms with Gasteiger partial charge in [-0.15, -0.1) is 10.2 Å². The molecule has 1 atom stereocenters. The van der Waals surface area contributed by atoms with Gasteiger partial charge in [0.15, 0.2) is 17.1 Å². The predicted octanol–water partition coefficient (Wildman–Crippen LogP) is 5.53. The Kier molecular flexibility index (Phi) is 7.98. The van der Waals surface area contributed by atoms with Crippen LogP contribution in [0.25, 0.3) is 0 Å². The van der Waals surface area contributed by atoms with Gasteiger partial charge in [-0.05, 0) is 51.1 Å². The van der Waals surface area contributed by atoms with Gasteiger partial charge in [0.05, 0.1) is 23.6 Å². The van der Waals surface area contributed by atoms with Crippen LogP contribution in [0.4, 0.5) is 10.1 Å². The first-order chi connectivity index (χ1) is 15.3. The van der Waals surface area contributed by atoms with E-state index in [4.69, 9.17) is 21.1 Å². The topological polar surface area (TPSA) is 78.3 Å². The lowest BCUT2D eigenvalue weighted by atomic mass is 10.3. The minimum atomic E-state index is -0.467. The molecule has 0 aliphatic rings. The van der Waals surface area contributed by atoms with E-state index in [1.165, 1.54) is 23.9 Å². The Labute approximate surface area is 195 Å². The SMILES string of the molecule is COc1cccc(OC(C)c2nnc(SCC(=O)Nc3ccc(F)cc3Cl)n2C(C)C)c1. The van der Waals surface area contributed by atoms with Crippen LogP contribution in [-0.4, -0.2) is 33.5 Å². The number of thioether (sulfide) groups is 1. The van der Waals surface area contributed by atoms with E-state index < -0.39 is 5.82 Å². The summed E-state index contributed by atoms with van der Waals surface area (Å²) < 4.78 is 26.4. The summed E-state index contributed by atoms with van der Waals surface area (Å²) in [6, 6.07) is 11.2. The third-order valence-corrected chi connectivity index (χ3v) is 5.72. The highest BCUT2D eigenvalue weighted by Gasteiger charge is 2.22. The van der Waals surface area contributed by atoms with Crippen molar-refractivity contribution < 1.29 is 18.7 Å². The second-order valence-corrected chi connectivity index (χ2v) is 8.55. The third-order valence-electron chi connectivity index (χ3n) is 4.46. The van der Waals surface area contributed by atoms with Crippen molar-refractivity contribution in [3.63, 3.8) is 0 Å². The van der Waals surface area contributed by atoms with Crippen molar-refractivity contribution >= 4 is 35.0 Å². The molecular formula is C22H24ClFN4O3S. The van der Waals surface area contributed by atoms with Crippen LogP contribution in [0.1, 0.15) is 38.7 Å². The quantitative estimate of drug-likeness (QED) is 0.407. The molecule has 2 aromatic carbocycles. The zero-order chi connectivity index (χ0) is 23.3. The predicted molar refractivity (Wildman–Crippen MR) is 123 cm³/mol. The molecule has 0 bridgehead atoms. The summed E-state index contributed by atoms with van der Waals surface area (Å²) in [7, 11) is 1.60. The van der Waals surface area contributed by atoms with Crippen molar-refractivity contribution in [2.45, 2.75) is 38.1 Å². The summed E-state index contributed by atoms with van der Waals surface area (Å²) >= 11 is 7.22. The fourth-order valence-corrected chi connectivity index (χ4v) is 4.08. The second-order valence-electron chi connectivity index (χ2n) is 7.20. The Morgan fingerprint density at radius 2 is 1.94 bits per heavy atom. The van der Waals surface area contributed by atoms with Crippen molar-refractivity contribution in [2.24, 2.45) is 0 Å². The summed E-state index contributed by atoms with van der Waals surface area (Å²) in [4.78, 5) is 12.4. The maximum Gasteiger partial charge on any atom is 0.234 e. The molecule has 0 radical (unpaired) electrons. The number of hydrogen-bond donors (Lipinski definition) is 1. The molecule has 0 fully saturated rings. The minimum absolute atomic E-state index is 0.0495. The van der Waals surface area contributed by atoms with Gasteiger partial charge >= 0.3 is 0 Å². The summed E-state index contributed by atoms with van der Waals surface area (Å²) in [6.45, 7) is 5.90. The molecule has 1 unspecified atom stereocenters. The van der Waals surface area contributed by atoms with Gasteiger partial charge in [0.25, 0.3) is 0 Å². The number of rotatable bonds is 9. The number of halogens is 2. The van der Waals surface area contributed by atoms with E-state index in [9.17, 15) is 9.18 Å². The maximum absolute atomic E-state index is 13.2. The Bertz CT molecular complexity index is 1090. The van der Waals surface area contributed by atoms with Crippen molar-refractivity contribution in [3.8, 4) is 11.5 Å². The highest BCUT2D eigenvalue weighted by Crippen LogP contribution is 2.29. The number of nitrogens with one attached hydrogen (secondary N) is 1. The van der Waals surface area contributed by atoms with E-state index in [-0.39, 0.29) is 28.8 Å². The average Bonchev–Trinajstić information content (AvgIpc) is 3.19. The summed E-state index contributed by atoms with van der Waals surface area (Å²) in [5.74, 6) is 1.33. The first-order valence-electron chi connectivity index (χ1n) is 9.91. The molecule has 3 aromatic rings. The molecule has 1 aromatic heterocycles. The highest BCUT2D eigenvalue weighted by molar-refractivity contribution is 7.99. The van der Waals surface area contributed by atoms with E-state index in [1.54, 1.807) is 13.2 Å². The number of benzene rings is 2. The molecule has 7 nitrogen and oxygen atoms in total. The monoisotopic (exact) mass is 478 g/mol. The number of ether oxygens (including phenoxy) is 2. The van der Waals surface area contributed by atoms with Gasteiger partial charge in [0.2, 0.25) is 5.91 Å². The van der Waals surface area contributed by atoms with Gasteiger partial charge < -0.3 is 19.4 Å². The van der Waals surface area contributed by atoms with Crippen molar-refractivity contribution in [1.29, 1.82) is 0 Å². The second kappa shape index (κ2) is 10.7. The lowest BCUT2D eigenvalue weighted by Crippen LogP contribution is -2.16. The van der Waals surface area contributed by atoms with Crippen LogP contribution in [0, 0.1) is 5.82 Å². The summed E-state index contributed by atoms with van der Waals surface area (Å²) in [5, 5.41) is 12.0. The fraction of sp³-hybridized carbons (Fsp3) is 0.318. The van der Waals surface area contributed by atoms with E-state index in [1.807, 2.05) is 43.5 Å².